The summed E-state index contributed by atoms with van der Waals surface area (Å²) in [6.45, 7) is 3.00. The van der Waals surface area contributed by atoms with Crippen molar-refractivity contribution in [2.75, 3.05) is 38.2 Å². The summed E-state index contributed by atoms with van der Waals surface area (Å²) in [4.78, 5) is 17.6. The molecule has 23 heavy (non-hydrogen) atoms. The molecule has 1 aromatic carbocycles. The van der Waals surface area contributed by atoms with Crippen molar-refractivity contribution in [3.05, 3.63) is 48.1 Å². The highest BCUT2D eigenvalue weighted by Gasteiger charge is 2.24. The average molecular weight is 328 g/mol. The highest BCUT2D eigenvalue weighted by molar-refractivity contribution is 7.80. The quantitative estimate of drug-likeness (QED) is 0.799. The van der Waals surface area contributed by atoms with Crippen molar-refractivity contribution in [2.45, 2.75) is 6.42 Å². The number of amides is 1. The predicted octanol–water partition coefficient (Wildman–Crippen LogP) is 2.60. The molecule has 0 atom stereocenters. The summed E-state index contributed by atoms with van der Waals surface area (Å²) in [6.07, 6.45) is 6.42. The van der Waals surface area contributed by atoms with E-state index in [1.165, 1.54) is 0 Å². The minimum Gasteiger partial charge on any atom is -0.495 e. The Morgan fingerprint density at radius 1 is 1.17 bits per heavy atom. The Morgan fingerprint density at radius 2 is 1.91 bits per heavy atom. The zero-order valence-electron chi connectivity index (χ0n) is 13.2. The molecule has 0 N–H and O–H groups in total. The number of thiocarbonyl (C=S) groups is 1. The van der Waals surface area contributed by atoms with Crippen LogP contribution in [0.1, 0.15) is 6.42 Å². The van der Waals surface area contributed by atoms with Crippen LogP contribution < -0.4 is 9.64 Å². The number of methoxy groups -OCH3 is 1. The van der Waals surface area contributed by atoms with Gasteiger partial charge in [-0.05, 0) is 18.2 Å². The molecule has 5 heteroatoms. The third-order valence-corrected chi connectivity index (χ3v) is 4.46. The van der Waals surface area contributed by atoms with Gasteiger partial charge in [-0.15, -0.1) is 0 Å². The minimum absolute atomic E-state index is 0.0722. The summed E-state index contributed by atoms with van der Waals surface area (Å²) in [6, 6.07) is 7.99. The van der Waals surface area contributed by atoms with Crippen LogP contribution in [0.25, 0.3) is 0 Å². The first kappa shape index (κ1) is 15.7. The molecule has 1 saturated heterocycles. The number of allylic oxidation sites excluding steroid dienone is 2. The van der Waals surface area contributed by atoms with Crippen LogP contribution in [0.15, 0.2) is 48.1 Å². The summed E-state index contributed by atoms with van der Waals surface area (Å²) in [5, 5.41) is 0. The fraction of sp³-hybridized carbons (Fsp3) is 0.333. The largest absolute Gasteiger partial charge is 0.495 e. The maximum atomic E-state index is 12.6. The maximum absolute atomic E-state index is 12.6. The van der Waals surface area contributed by atoms with Gasteiger partial charge in [-0.3, -0.25) is 4.79 Å². The Morgan fingerprint density at radius 3 is 2.61 bits per heavy atom. The van der Waals surface area contributed by atoms with E-state index >= 15 is 0 Å². The summed E-state index contributed by atoms with van der Waals surface area (Å²) in [5.74, 6) is 0.943. The Bertz CT molecular complexity index is 673. The number of ether oxygens (including phenoxy) is 1. The zero-order valence-corrected chi connectivity index (χ0v) is 14.0. The molecule has 1 amide bonds. The normalized spacial score (nSPS) is 18.0. The van der Waals surface area contributed by atoms with E-state index in [0.29, 0.717) is 18.7 Å². The van der Waals surface area contributed by atoms with Crippen LogP contribution in [0.2, 0.25) is 0 Å². The van der Waals surface area contributed by atoms with Crippen molar-refractivity contribution in [3.63, 3.8) is 0 Å². The van der Waals surface area contributed by atoms with Crippen molar-refractivity contribution >= 4 is 28.7 Å². The molecule has 0 spiro atoms. The van der Waals surface area contributed by atoms with Crippen molar-refractivity contribution < 1.29 is 9.53 Å². The van der Waals surface area contributed by atoms with Crippen molar-refractivity contribution in [1.29, 1.82) is 0 Å². The third kappa shape index (κ3) is 3.45. The predicted molar refractivity (Wildman–Crippen MR) is 96.2 cm³/mol. The van der Waals surface area contributed by atoms with Gasteiger partial charge in [0.1, 0.15) is 5.75 Å². The average Bonchev–Trinajstić information content (AvgIpc) is 2.61. The molecule has 0 bridgehead atoms. The number of rotatable bonds is 3. The van der Waals surface area contributed by atoms with Crippen LogP contribution in [0.5, 0.6) is 5.75 Å². The van der Waals surface area contributed by atoms with Crippen LogP contribution in [-0.2, 0) is 4.79 Å². The number of nitrogens with zero attached hydrogens (tertiary/aromatic N) is 2. The van der Waals surface area contributed by atoms with Crippen LogP contribution in [-0.4, -0.2) is 49.0 Å². The molecular weight excluding hydrogens is 308 g/mol. The van der Waals surface area contributed by atoms with E-state index in [1.54, 1.807) is 7.11 Å². The fourth-order valence-corrected chi connectivity index (χ4v) is 3.16. The molecule has 0 aromatic heterocycles. The number of piperazine rings is 1. The van der Waals surface area contributed by atoms with Crippen molar-refractivity contribution in [3.8, 4) is 5.75 Å². The number of para-hydroxylation sites is 2. The molecule has 0 saturated carbocycles. The molecule has 2 aliphatic rings. The van der Waals surface area contributed by atoms with E-state index in [9.17, 15) is 4.79 Å². The van der Waals surface area contributed by atoms with Gasteiger partial charge in [-0.1, -0.05) is 36.5 Å². The summed E-state index contributed by atoms with van der Waals surface area (Å²) in [7, 11) is 1.68. The van der Waals surface area contributed by atoms with Crippen LogP contribution in [0.3, 0.4) is 0 Å². The van der Waals surface area contributed by atoms with E-state index in [-0.39, 0.29) is 5.91 Å². The van der Waals surface area contributed by atoms with Gasteiger partial charge in [0.15, 0.2) is 0 Å². The van der Waals surface area contributed by atoms with E-state index in [1.807, 2.05) is 41.3 Å². The van der Waals surface area contributed by atoms with E-state index in [2.05, 4.69) is 11.0 Å². The highest BCUT2D eigenvalue weighted by atomic mass is 32.1. The lowest BCUT2D eigenvalue weighted by molar-refractivity contribution is -0.127. The van der Waals surface area contributed by atoms with Gasteiger partial charge >= 0.3 is 0 Å². The summed E-state index contributed by atoms with van der Waals surface area (Å²) < 4.78 is 5.43. The van der Waals surface area contributed by atoms with Crippen LogP contribution in [0, 0.1) is 0 Å². The lowest BCUT2D eigenvalue weighted by Gasteiger charge is -2.37. The lowest BCUT2D eigenvalue weighted by Crippen LogP contribution is -2.49. The van der Waals surface area contributed by atoms with Gasteiger partial charge in [0.2, 0.25) is 0 Å². The third-order valence-electron chi connectivity index (χ3n) is 4.17. The first-order valence-corrected chi connectivity index (χ1v) is 8.18. The zero-order chi connectivity index (χ0) is 16.2. The molecule has 120 valence electrons. The molecule has 1 aliphatic carbocycles. The molecule has 3 rings (SSSR count). The molecule has 1 aromatic rings. The Labute approximate surface area is 142 Å². The van der Waals surface area contributed by atoms with Gasteiger partial charge < -0.3 is 14.5 Å². The molecular formula is C18H20N2O2S. The molecule has 4 nitrogen and oxygen atoms in total. The Balaban J connectivity index is 1.65. The van der Waals surface area contributed by atoms with Gasteiger partial charge in [-0.2, -0.15) is 0 Å². The Hall–Kier alpha value is -2.14. The molecule has 1 heterocycles. The number of anilines is 1. The molecule has 1 fully saturated rings. The van der Waals surface area contributed by atoms with E-state index < -0.39 is 0 Å². The van der Waals surface area contributed by atoms with Gasteiger partial charge in [0.25, 0.3) is 5.91 Å². The smallest absolute Gasteiger partial charge is 0.254 e. The molecule has 1 aliphatic heterocycles. The van der Waals surface area contributed by atoms with Crippen molar-refractivity contribution in [2.24, 2.45) is 0 Å². The van der Waals surface area contributed by atoms with Gasteiger partial charge in [0.05, 0.1) is 12.8 Å². The second-order valence-electron chi connectivity index (χ2n) is 5.62. The topological polar surface area (TPSA) is 32.8 Å². The number of carbonyl (C=O) groups excluding carboxylic acids is 1. The lowest BCUT2D eigenvalue weighted by atomic mass is 10.1. The minimum atomic E-state index is 0.0722. The maximum Gasteiger partial charge on any atom is 0.254 e. The summed E-state index contributed by atoms with van der Waals surface area (Å²) >= 11 is 5.19. The molecule has 0 unspecified atom stereocenters. The number of benzene rings is 1. The van der Waals surface area contributed by atoms with Gasteiger partial charge in [-0.25, -0.2) is 0 Å². The van der Waals surface area contributed by atoms with Crippen LogP contribution in [0.4, 0.5) is 5.69 Å². The van der Waals surface area contributed by atoms with E-state index in [0.717, 1.165) is 35.8 Å². The number of hydrogen-bond acceptors (Lipinski definition) is 4. The second-order valence-corrected chi connectivity index (χ2v) is 6.15. The number of carbonyl (C=O) groups is 1. The standard InChI is InChI=1S/C18H20N2O2S/c1-22-17-8-3-2-7-16(17)19-9-11-20(12-10-19)18(21)14-5-4-6-15(23)13-14/h2-5,7-8,13H,6,9-12H2,1H3. The first-order valence-electron chi connectivity index (χ1n) is 7.77. The summed E-state index contributed by atoms with van der Waals surface area (Å²) in [5.41, 5.74) is 1.78. The van der Waals surface area contributed by atoms with Crippen molar-refractivity contribution in [1.82, 2.24) is 4.90 Å². The monoisotopic (exact) mass is 328 g/mol. The SMILES string of the molecule is COc1ccccc1N1CCN(C(=O)C2=CC(=S)CC=C2)CC1. The Kier molecular flexibility index (Phi) is 4.76. The van der Waals surface area contributed by atoms with Crippen LogP contribution >= 0.6 is 12.2 Å². The second kappa shape index (κ2) is 6.96. The fourth-order valence-electron chi connectivity index (χ4n) is 2.94. The first-order chi connectivity index (χ1) is 11.2. The number of hydrogen-bond donors (Lipinski definition) is 0. The van der Waals surface area contributed by atoms with Gasteiger partial charge in [0, 0.05) is 43.0 Å². The molecule has 0 radical (unpaired) electrons. The van der Waals surface area contributed by atoms with E-state index in [4.69, 9.17) is 17.0 Å². The highest BCUT2D eigenvalue weighted by Crippen LogP contribution is 2.28.